The maximum atomic E-state index is 13.7. The third-order valence-electron chi connectivity index (χ3n) is 3.66. The van der Waals surface area contributed by atoms with Gasteiger partial charge in [0.2, 0.25) is 0 Å². The Kier molecular flexibility index (Phi) is 7.04. The van der Waals surface area contributed by atoms with Crippen LogP contribution in [0.15, 0.2) is 28.1 Å². The molecule has 1 aromatic carbocycles. The van der Waals surface area contributed by atoms with Crippen LogP contribution in [0.2, 0.25) is 0 Å². The van der Waals surface area contributed by atoms with Crippen LogP contribution in [0.25, 0.3) is 0 Å². The van der Waals surface area contributed by atoms with Gasteiger partial charge in [0.25, 0.3) is 0 Å². The minimum absolute atomic E-state index is 0. The first-order chi connectivity index (χ1) is 9.86. The molecule has 0 aliphatic heterocycles. The summed E-state index contributed by atoms with van der Waals surface area (Å²) in [6.45, 7) is 0.792. The standard InChI is InChI=1S/C14H20FN3O2S.HI/c1-21(19,20)12-5-6-13(15)11(7-12)9-18-14(16)17-8-10-3-2-4-10;/h5-7,10H,2-4,8-9H2,1H3,(H3,16,17,18);1H. The van der Waals surface area contributed by atoms with Crippen LogP contribution >= 0.6 is 24.0 Å². The van der Waals surface area contributed by atoms with Crippen molar-refractivity contribution in [2.75, 3.05) is 12.8 Å². The number of halogens is 2. The van der Waals surface area contributed by atoms with E-state index in [9.17, 15) is 12.8 Å². The Hall–Kier alpha value is -0.900. The van der Waals surface area contributed by atoms with Crippen LogP contribution in [0.5, 0.6) is 0 Å². The average molecular weight is 441 g/mol. The lowest BCUT2D eigenvalue weighted by atomic mass is 9.85. The smallest absolute Gasteiger partial charge is 0.188 e. The van der Waals surface area contributed by atoms with E-state index in [4.69, 9.17) is 5.73 Å². The van der Waals surface area contributed by atoms with E-state index in [1.165, 1.54) is 31.4 Å². The van der Waals surface area contributed by atoms with Crippen molar-refractivity contribution in [2.45, 2.75) is 30.7 Å². The van der Waals surface area contributed by atoms with Gasteiger partial charge >= 0.3 is 0 Å². The Bertz CT molecular complexity index is 645. The predicted octanol–water partition coefficient (Wildman–Crippen LogP) is 2.05. The van der Waals surface area contributed by atoms with Crippen molar-refractivity contribution in [3.8, 4) is 0 Å². The molecular formula is C14H21FIN3O2S. The number of nitrogens with one attached hydrogen (secondary N) is 1. The van der Waals surface area contributed by atoms with Gasteiger partial charge in [0.15, 0.2) is 15.8 Å². The van der Waals surface area contributed by atoms with Crippen molar-refractivity contribution in [1.82, 2.24) is 5.32 Å². The van der Waals surface area contributed by atoms with Crippen LogP contribution in [-0.4, -0.2) is 27.2 Å². The molecule has 1 aromatic rings. The van der Waals surface area contributed by atoms with Gasteiger partial charge < -0.3 is 11.1 Å². The number of sulfone groups is 1. The summed E-state index contributed by atoms with van der Waals surface area (Å²) in [7, 11) is -3.36. The molecule has 0 spiro atoms. The molecule has 1 aliphatic rings. The normalized spacial score (nSPS) is 15.8. The van der Waals surface area contributed by atoms with Gasteiger partial charge in [-0.2, -0.15) is 0 Å². The van der Waals surface area contributed by atoms with Crippen molar-refractivity contribution in [3.63, 3.8) is 0 Å². The van der Waals surface area contributed by atoms with E-state index >= 15 is 0 Å². The molecule has 22 heavy (non-hydrogen) atoms. The average Bonchev–Trinajstić information content (AvgIpc) is 2.34. The predicted molar refractivity (Wildman–Crippen MR) is 95.6 cm³/mol. The van der Waals surface area contributed by atoms with E-state index < -0.39 is 15.7 Å². The highest BCUT2D eigenvalue weighted by Crippen LogP contribution is 2.25. The Labute approximate surface area is 147 Å². The molecule has 0 amide bonds. The fourth-order valence-electron chi connectivity index (χ4n) is 2.07. The number of nitrogens with zero attached hydrogens (tertiary/aromatic N) is 1. The molecule has 0 unspecified atom stereocenters. The number of aliphatic imine (C=N–C) groups is 1. The summed E-state index contributed by atoms with van der Waals surface area (Å²) in [5.41, 5.74) is 5.93. The summed E-state index contributed by atoms with van der Waals surface area (Å²) in [6, 6.07) is 3.68. The quantitative estimate of drug-likeness (QED) is 0.317. The fourth-order valence-corrected chi connectivity index (χ4v) is 2.75. The Morgan fingerprint density at radius 2 is 2.14 bits per heavy atom. The lowest BCUT2D eigenvalue weighted by Crippen LogP contribution is -2.37. The van der Waals surface area contributed by atoms with Crippen LogP contribution in [0.3, 0.4) is 0 Å². The van der Waals surface area contributed by atoms with Crippen LogP contribution in [0.4, 0.5) is 4.39 Å². The molecule has 0 aromatic heterocycles. The molecule has 2 rings (SSSR count). The van der Waals surface area contributed by atoms with E-state index in [2.05, 4.69) is 10.3 Å². The Morgan fingerprint density at radius 1 is 1.45 bits per heavy atom. The fraction of sp³-hybridized carbons (Fsp3) is 0.500. The number of rotatable bonds is 5. The second-order valence-corrected chi connectivity index (χ2v) is 7.42. The molecule has 0 atom stereocenters. The molecule has 3 N–H and O–H groups in total. The molecule has 0 heterocycles. The molecule has 1 saturated carbocycles. The third kappa shape index (κ3) is 5.38. The van der Waals surface area contributed by atoms with E-state index in [0.717, 1.165) is 18.9 Å². The first-order valence-corrected chi connectivity index (χ1v) is 8.77. The van der Waals surface area contributed by atoms with Crippen LogP contribution in [0, 0.1) is 11.7 Å². The highest BCUT2D eigenvalue weighted by molar-refractivity contribution is 14.0. The van der Waals surface area contributed by atoms with E-state index in [1.807, 2.05) is 0 Å². The molecule has 0 bridgehead atoms. The topological polar surface area (TPSA) is 84.5 Å². The highest BCUT2D eigenvalue weighted by Gasteiger charge is 2.17. The number of hydrogen-bond acceptors (Lipinski definition) is 3. The van der Waals surface area contributed by atoms with Gasteiger partial charge in [-0.25, -0.2) is 17.8 Å². The second-order valence-electron chi connectivity index (χ2n) is 5.40. The lowest BCUT2D eigenvalue weighted by Gasteiger charge is -2.25. The van der Waals surface area contributed by atoms with Crippen molar-refractivity contribution in [1.29, 1.82) is 0 Å². The van der Waals surface area contributed by atoms with E-state index in [-0.39, 0.29) is 46.9 Å². The number of nitrogens with two attached hydrogens (primary N) is 1. The van der Waals surface area contributed by atoms with E-state index in [1.54, 1.807) is 0 Å². The largest absolute Gasteiger partial charge is 0.370 e. The van der Waals surface area contributed by atoms with Crippen molar-refractivity contribution in [2.24, 2.45) is 16.6 Å². The minimum atomic E-state index is -3.36. The zero-order valence-electron chi connectivity index (χ0n) is 12.4. The van der Waals surface area contributed by atoms with Gasteiger partial charge in [-0.15, -0.1) is 24.0 Å². The molecule has 1 fully saturated rings. The summed E-state index contributed by atoms with van der Waals surface area (Å²) in [4.78, 5) is 4.14. The summed E-state index contributed by atoms with van der Waals surface area (Å²) >= 11 is 0. The Morgan fingerprint density at radius 3 is 2.68 bits per heavy atom. The van der Waals surface area contributed by atoms with Gasteiger partial charge in [0.1, 0.15) is 5.82 Å². The molecule has 0 saturated heterocycles. The van der Waals surface area contributed by atoms with Gasteiger partial charge in [-0.3, -0.25) is 0 Å². The molecule has 5 nitrogen and oxygen atoms in total. The maximum absolute atomic E-state index is 13.7. The van der Waals surface area contributed by atoms with Gasteiger partial charge in [-0.1, -0.05) is 6.42 Å². The summed E-state index contributed by atoms with van der Waals surface area (Å²) in [5.74, 6) is 0.410. The summed E-state index contributed by atoms with van der Waals surface area (Å²) in [6.07, 6.45) is 4.74. The molecule has 0 radical (unpaired) electrons. The minimum Gasteiger partial charge on any atom is -0.370 e. The highest BCUT2D eigenvalue weighted by atomic mass is 127. The second kappa shape index (κ2) is 8.09. The zero-order valence-corrected chi connectivity index (χ0v) is 15.5. The van der Waals surface area contributed by atoms with Gasteiger partial charge in [0.05, 0.1) is 11.4 Å². The van der Waals surface area contributed by atoms with Crippen molar-refractivity contribution >= 4 is 39.8 Å². The summed E-state index contributed by atoms with van der Waals surface area (Å²) < 4.78 is 36.6. The first kappa shape index (κ1) is 19.1. The Balaban J connectivity index is 0.00000242. The zero-order chi connectivity index (χ0) is 15.5. The van der Waals surface area contributed by atoms with Crippen LogP contribution < -0.4 is 11.1 Å². The lowest BCUT2D eigenvalue weighted by molar-refractivity contribution is 0.315. The monoisotopic (exact) mass is 441 g/mol. The number of benzene rings is 1. The van der Waals surface area contributed by atoms with Crippen molar-refractivity contribution < 1.29 is 12.8 Å². The SMILES string of the molecule is CS(=O)(=O)c1ccc(F)c(CN=C(N)NCC2CCC2)c1.I. The first-order valence-electron chi connectivity index (χ1n) is 6.88. The molecular weight excluding hydrogens is 420 g/mol. The van der Waals surface area contributed by atoms with Crippen molar-refractivity contribution in [3.05, 3.63) is 29.6 Å². The van der Waals surface area contributed by atoms with Crippen LogP contribution in [-0.2, 0) is 16.4 Å². The third-order valence-corrected chi connectivity index (χ3v) is 4.77. The number of hydrogen-bond donors (Lipinski definition) is 2. The number of guanidine groups is 1. The van der Waals surface area contributed by atoms with Crippen LogP contribution in [0.1, 0.15) is 24.8 Å². The maximum Gasteiger partial charge on any atom is 0.188 e. The van der Waals surface area contributed by atoms with E-state index in [0.29, 0.717) is 5.92 Å². The molecule has 8 heteroatoms. The summed E-state index contributed by atoms with van der Waals surface area (Å²) in [5, 5.41) is 3.01. The van der Waals surface area contributed by atoms with Gasteiger partial charge in [-0.05, 0) is 37.0 Å². The molecule has 124 valence electrons. The molecule has 1 aliphatic carbocycles. The van der Waals surface area contributed by atoms with Gasteiger partial charge in [0, 0.05) is 18.4 Å².